The van der Waals surface area contributed by atoms with E-state index in [2.05, 4.69) is 21.1 Å². The Hall–Kier alpha value is -4.11. The van der Waals surface area contributed by atoms with Crippen LogP contribution in [0.5, 0.6) is 0 Å². The molecule has 1 atom stereocenters. The van der Waals surface area contributed by atoms with Gasteiger partial charge in [0.1, 0.15) is 11.3 Å². The number of hydrazine groups is 1. The van der Waals surface area contributed by atoms with Crippen LogP contribution in [-0.4, -0.2) is 15.6 Å². The molecule has 9 heteroatoms. The topological polar surface area (TPSA) is 136 Å². The van der Waals surface area contributed by atoms with Gasteiger partial charge in [0.15, 0.2) is 11.3 Å². The van der Waals surface area contributed by atoms with Gasteiger partial charge in [0.25, 0.3) is 0 Å². The van der Waals surface area contributed by atoms with Crippen molar-refractivity contribution in [1.82, 2.24) is 15.3 Å². The quantitative estimate of drug-likeness (QED) is 0.155. The van der Waals surface area contributed by atoms with Crippen LogP contribution in [-0.2, 0) is 7.05 Å². The molecule has 2 aromatic carbocycles. The summed E-state index contributed by atoms with van der Waals surface area (Å²) in [6.45, 7) is 5.75. The van der Waals surface area contributed by atoms with Gasteiger partial charge in [-0.3, -0.25) is 9.48 Å². The predicted molar refractivity (Wildman–Crippen MR) is 131 cm³/mol. The van der Waals surface area contributed by atoms with E-state index in [0.717, 1.165) is 22.4 Å². The molecule has 0 bridgehead atoms. The van der Waals surface area contributed by atoms with E-state index in [4.69, 9.17) is 16.0 Å². The van der Waals surface area contributed by atoms with E-state index in [1.807, 2.05) is 63.5 Å². The molecule has 0 radical (unpaired) electrons. The largest absolute Gasteiger partial charge is 0.455 e. The summed E-state index contributed by atoms with van der Waals surface area (Å²) in [4.78, 5) is 13.3. The number of para-hydroxylation sites is 1. The standard InChI is InChI=1S/C24H27N7O2/c1-13-9-18(15(3)28-20-8-6-5-7-17(20)24(25)29-30-26)23-19(10-13)21(32)14(2)22(33-23)16-11-27-31(4)12-16/h5-12,15,28,30H,26H2,1-4H3,(H2,25,29). The molecule has 0 aliphatic carbocycles. The number of benzene rings is 2. The Morgan fingerprint density at radius 1 is 1.24 bits per heavy atom. The minimum Gasteiger partial charge on any atom is -0.455 e. The molecule has 4 rings (SSSR count). The molecule has 9 nitrogen and oxygen atoms in total. The SMILES string of the molecule is Cc1cc(C(C)Nc2ccccc2/C(N)=N/NN)c2oc(-c3cnn(C)c3)c(C)c(=O)c2c1. The van der Waals surface area contributed by atoms with E-state index in [0.29, 0.717) is 27.9 Å². The summed E-state index contributed by atoms with van der Waals surface area (Å²) in [6, 6.07) is 11.2. The molecule has 0 spiro atoms. The van der Waals surface area contributed by atoms with E-state index in [-0.39, 0.29) is 17.3 Å². The number of hydrazone groups is 1. The summed E-state index contributed by atoms with van der Waals surface area (Å²) in [7, 11) is 1.82. The first kappa shape index (κ1) is 22.1. The van der Waals surface area contributed by atoms with Crippen LogP contribution in [0.4, 0.5) is 5.69 Å². The number of rotatable bonds is 6. The van der Waals surface area contributed by atoms with Crippen LogP contribution in [0.3, 0.4) is 0 Å². The summed E-state index contributed by atoms with van der Waals surface area (Å²) in [6.07, 6.45) is 3.52. The van der Waals surface area contributed by atoms with Crippen molar-refractivity contribution in [2.75, 3.05) is 5.32 Å². The number of nitrogens with zero attached hydrogens (tertiary/aromatic N) is 3. The number of anilines is 1. The fourth-order valence-corrected chi connectivity index (χ4v) is 3.98. The summed E-state index contributed by atoms with van der Waals surface area (Å²) >= 11 is 0. The minimum absolute atomic E-state index is 0.0574. The normalized spacial score (nSPS) is 12.7. The Labute approximate surface area is 191 Å². The van der Waals surface area contributed by atoms with Crippen molar-refractivity contribution in [3.8, 4) is 11.3 Å². The highest BCUT2D eigenvalue weighted by Gasteiger charge is 2.20. The highest BCUT2D eigenvalue weighted by Crippen LogP contribution is 2.32. The van der Waals surface area contributed by atoms with Crippen molar-refractivity contribution in [2.24, 2.45) is 23.7 Å². The van der Waals surface area contributed by atoms with Gasteiger partial charge in [0.2, 0.25) is 0 Å². The number of hydrogen-bond donors (Lipinski definition) is 4. The van der Waals surface area contributed by atoms with Gasteiger partial charge < -0.3 is 15.5 Å². The number of nitrogens with two attached hydrogens (primary N) is 2. The first-order valence-corrected chi connectivity index (χ1v) is 10.5. The Morgan fingerprint density at radius 3 is 2.70 bits per heavy atom. The molecule has 0 aliphatic heterocycles. The zero-order valence-electron chi connectivity index (χ0n) is 19.0. The van der Waals surface area contributed by atoms with Crippen molar-refractivity contribution in [2.45, 2.75) is 26.8 Å². The monoisotopic (exact) mass is 445 g/mol. The molecule has 33 heavy (non-hydrogen) atoms. The van der Waals surface area contributed by atoms with Crippen molar-refractivity contribution < 1.29 is 4.42 Å². The lowest BCUT2D eigenvalue weighted by Crippen LogP contribution is -2.24. The van der Waals surface area contributed by atoms with Gasteiger partial charge in [-0.05, 0) is 44.5 Å². The molecular formula is C24H27N7O2. The predicted octanol–water partition coefficient (Wildman–Crippen LogP) is 3.07. The highest BCUT2D eigenvalue weighted by atomic mass is 16.3. The first-order valence-electron chi connectivity index (χ1n) is 10.5. The van der Waals surface area contributed by atoms with Crippen molar-refractivity contribution in [3.63, 3.8) is 0 Å². The third-order valence-corrected chi connectivity index (χ3v) is 5.59. The summed E-state index contributed by atoms with van der Waals surface area (Å²) in [5.74, 6) is 6.06. The van der Waals surface area contributed by atoms with Crippen molar-refractivity contribution in [3.05, 3.63) is 81.3 Å². The maximum absolute atomic E-state index is 13.3. The fourth-order valence-electron chi connectivity index (χ4n) is 3.98. The number of amidine groups is 1. The van der Waals surface area contributed by atoms with Crippen molar-refractivity contribution >= 4 is 22.5 Å². The second-order valence-corrected chi connectivity index (χ2v) is 8.06. The zero-order valence-corrected chi connectivity index (χ0v) is 19.0. The fraction of sp³-hybridized carbons (Fsp3) is 0.208. The lowest BCUT2D eigenvalue weighted by Gasteiger charge is -2.20. The minimum atomic E-state index is -0.209. The maximum atomic E-state index is 13.3. The van der Waals surface area contributed by atoms with E-state index < -0.39 is 0 Å². The van der Waals surface area contributed by atoms with Crippen LogP contribution in [0.25, 0.3) is 22.3 Å². The Kier molecular flexibility index (Phi) is 5.89. The Bertz CT molecular complexity index is 1420. The first-order chi connectivity index (χ1) is 15.8. The number of hydrogen-bond acceptors (Lipinski definition) is 7. The average Bonchev–Trinajstić information content (AvgIpc) is 3.22. The smallest absolute Gasteiger partial charge is 0.196 e. The van der Waals surface area contributed by atoms with Gasteiger partial charge in [0, 0.05) is 35.6 Å². The molecule has 4 aromatic rings. The molecular weight excluding hydrogens is 418 g/mol. The number of fused-ring (bicyclic) bond motifs is 1. The van der Waals surface area contributed by atoms with Gasteiger partial charge in [-0.2, -0.15) is 5.10 Å². The molecule has 0 aliphatic rings. The highest BCUT2D eigenvalue weighted by molar-refractivity contribution is 6.02. The molecule has 0 saturated carbocycles. The van der Waals surface area contributed by atoms with E-state index >= 15 is 0 Å². The van der Waals surface area contributed by atoms with Crippen LogP contribution in [0.2, 0.25) is 0 Å². The van der Waals surface area contributed by atoms with Crippen LogP contribution >= 0.6 is 0 Å². The van der Waals surface area contributed by atoms with Gasteiger partial charge >= 0.3 is 0 Å². The van der Waals surface area contributed by atoms with Gasteiger partial charge in [0.05, 0.1) is 23.2 Å². The summed E-state index contributed by atoms with van der Waals surface area (Å²) in [5.41, 5.74) is 13.4. The molecule has 170 valence electrons. The molecule has 2 aromatic heterocycles. The number of nitrogens with one attached hydrogen (secondary N) is 2. The number of aryl methyl sites for hydroxylation is 2. The van der Waals surface area contributed by atoms with Crippen LogP contribution < -0.4 is 27.9 Å². The molecule has 0 saturated heterocycles. The van der Waals surface area contributed by atoms with E-state index in [1.54, 1.807) is 17.8 Å². The van der Waals surface area contributed by atoms with Gasteiger partial charge in [-0.25, -0.2) is 11.4 Å². The summed E-state index contributed by atoms with van der Waals surface area (Å²) in [5, 5.41) is 12.1. The second kappa shape index (κ2) is 8.79. The second-order valence-electron chi connectivity index (χ2n) is 8.06. The Morgan fingerprint density at radius 2 is 2.00 bits per heavy atom. The molecule has 2 heterocycles. The van der Waals surface area contributed by atoms with Gasteiger partial charge in [-0.15, -0.1) is 5.10 Å². The average molecular weight is 446 g/mol. The molecule has 1 unspecified atom stereocenters. The lowest BCUT2D eigenvalue weighted by molar-refractivity contribution is 0.605. The summed E-state index contributed by atoms with van der Waals surface area (Å²) < 4.78 is 8.04. The van der Waals surface area contributed by atoms with E-state index in [1.165, 1.54) is 0 Å². The van der Waals surface area contributed by atoms with Crippen molar-refractivity contribution in [1.29, 1.82) is 0 Å². The Balaban J connectivity index is 1.85. The third-order valence-electron chi connectivity index (χ3n) is 5.59. The zero-order chi connectivity index (χ0) is 23.7. The van der Waals surface area contributed by atoms with Crippen LogP contribution in [0.1, 0.15) is 35.2 Å². The number of aromatic nitrogens is 2. The van der Waals surface area contributed by atoms with Crippen LogP contribution in [0.15, 0.2) is 63.1 Å². The van der Waals surface area contributed by atoms with Crippen LogP contribution in [0, 0.1) is 13.8 Å². The lowest BCUT2D eigenvalue weighted by atomic mass is 9.99. The third kappa shape index (κ3) is 4.18. The maximum Gasteiger partial charge on any atom is 0.196 e. The van der Waals surface area contributed by atoms with Gasteiger partial charge in [-0.1, -0.05) is 18.2 Å². The molecule has 0 fully saturated rings. The van der Waals surface area contributed by atoms with E-state index in [9.17, 15) is 4.79 Å². The molecule has 6 N–H and O–H groups in total. The molecule has 0 amide bonds.